The van der Waals surface area contributed by atoms with Crippen LogP contribution in [0.25, 0.3) is 10.2 Å². The fourth-order valence-corrected chi connectivity index (χ4v) is 2.96. The molecule has 2 rings (SSSR count). The van der Waals surface area contributed by atoms with Gasteiger partial charge in [-0.2, -0.15) is 0 Å². The average molecular weight is 278 g/mol. The summed E-state index contributed by atoms with van der Waals surface area (Å²) in [5.74, 6) is -0.786. The number of aromatic nitrogens is 1. The van der Waals surface area contributed by atoms with Gasteiger partial charge in [-0.15, -0.1) is 11.3 Å². The van der Waals surface area contributed by atoms with Crippen molar-refractivity contribution in [3.63, 3.8) is 0 Å². The van der Waals surface area contributed by atoms with Gasteiger partial charge in [-0.1, -0.05) is 0 Å². The van der Waals surface area contributed by atoms with Crippen LogP contribution >= 0.6 is 11.3 Å². The molecule has 0 unspecified atom stereocenters. The molecule has 0 bridgehead atoms. The molecule has 0 radical (unpaired) electrons. The minimum absolute atomic E-state index is 0.210. The predicted molar refractivity (Wildman–Crippen MR) is 74.5 cm³/mol. The van der Waals surface area contributed by atoms with E-state index in [-0.39, 0.29) is 12.4 Å². The molecule has 2 heterocycles. The van der Waals surface area contributed by atoms with Gasteiger partial charge in [-0.25, -0.2) is 9.78 Å². The first-order valence-electron chi connectivity index (χ1n) is 5.73. The van der Waals surface area contributed by atoms with Crippen LogP contribution < -0.4 is 5.73 Å². The number of pyridine rings is 1. The lowest BCUT2D eigenvalue weighted by atomic mass is 10.1. The van der Waals surface area contributed by atoms with Crippen molar-refractivity contribution in [2.75, 3.05) is 12.3 Å². The Morgan fingerprint density at radius 2 is 2.11 bits per heavy atom. The van der Waals surface area contributed by atoms with Gasteiger partial charge in [0, 0.05) is 11.1 Å². The molecule has 0 aliphatic carbocycles. The van der Waals surface area contributed by atoms with E-state index in [0.29, 0.717) is 15.4 Å². The first-order chi connectivity index (χ1) is 8.90. The Bertz CT molecular complexity index is 676. The summed E-state index contributed by atoms with van der Waals surface area (Å²) in [6, 6.07) is 1.91. The molecule has 0 saturated carbocycles. The fourth-order valence-electron chi connectivity index (χ4n) is 1.85. The summed E-state index contributed by atoms with van der Waals surface area (Å²) < 4.78 is 4.88. The topological polar surface area (TPSA) is 82.3 Å². The van der Waals surface area contributed by atoms with Crippen molar-refractivity contribution in [1.82, 2.24) is 4.98 Å². The predicted octanol–water partition coefficient (Wildman–Crippen LogP) is 2.24. The Balaban J connectivity index is 2.45. The summed E-state index contributed by atoms with van der Waals surface area (Å²) in [6.45, 7) is 4.93. The van der Waals surface area contributed by atoms with E-state index in [1.165, 1.54) is 18.3 Å². The average Bonchev–Trinajstić information content (AvgIpc) is 2.63. The van der Waals surface area contributed by atoms with Crippen LogP contribution in [-0.4, -0.2) is 23.3 Å². The second-order valence-electron chi connectivity index (χ2n) is 4.38. The number of carbonyl (C=O) groups is 2. The highest BCUT2D eigenvalue weighted by Gasteiger charge is 2.20. The maximum atomic E-state index is 11.9. The third kappa shape index (κ3) is 2.58. The number of nitrogens with zero attached hydrogens (tertiary/aromatic N) is 1. The molecule has 0 aromatic carbocycles. The summed E-state index contributed by atoms with van der Waals surface area (Å²) >= 11 is 1.19. The third-order valence-electron chi connectivity index (χ3n) is 2.62. The van der Waals surface area contributed by atoms with Crippen LogP contribution in [0.1, 0.15) is 27.9 Å². The van der Waals surface area contributed by atoms with Crippen molar-refractivity contribution in [3.8, 4) is 0 Å². The summed E-state index contributed by atoms with van der Waals surface area (Å²) in [5, 5.41) is 0.783. The van der Waals surface area contributed by atoms with Crippen LogP contribution in [0, 0.1) is 13.8 Å². The van der Waals surface area contributed by atoms with Crippen LogP contribution in [0.4, 0.5) is 5.69 Å². The van der Waals surface area contributed by atoms with Crippen molar-refractivity contribution >= 4 is 39.0 Å². The number of thiophene rings is 1. The minimum Gasteiger partial charge on any atom is -0.453 e. The number of anilines is 1. The van der Waals surface area contributed by atoms with E-state index < -0.39 is 5.97 Å². The Morgan fingerprint density at radius 1 is 1.42 bits per heavy atom. The normalized spacial score (nSPS) is 10.7. The van der Waals surface area contributed by atoms with Gasteiger partial charge in [0.05, 0.1) is 5.69 Å². The van der Waals surface area contributed by atoms with Gasteiger partial charge in [-0.3, -0.25) is 4.79 Å². The molecule has 0 aliphatic rings. The van der Waals surface area contributed by atoms with E-state index in [1.807, 2.05) is 19.9 Å². The molecule has 100 valence electrons. The Kier molecular flexibility index (Phi) is 3.53. The number of aryl methyl sites for hydroxylation is 2. The van der Waals surface area contributed by atoms with Gasteiger partial charge in [-0.05, 0) is 32.4 Å². The molecular weight excluding hydrogens is 264 g/mol. The van der Waals surface area contributed by atoms with Crippen molar-refractivity contribution in [2.24, 2.45) is 0 Å². The highest BCUT2D eigenvalue weighted by atomic mass is 32.1. The molecule has 0 saturated heterocycles. The molecule has 0 spiro atoms. The maximum Gasteiger partial charge on any atom is 0.350 e. The number of Topliss-reactive ketones (excluding diaryl/α,β-unsaturated/α-hetero) is 1. The van der Waals surface area contributed by atoms with Gasteiger partial charge < -0.3 is 10.5 Å². The molecule has 0 amide bonds. The zero-order chi connectivity index (χ0) is 14.2. The van der Waals surface area contributed by atoms with Crippen LogP contribution in [0.5, 0.6) is 0 Å². The van der Waals surface area contributed by atoms with E-state index in [4.69, 9.17) is 10.5 Å². The molecule has 0 atom stereocenters. The van der Waals surface area contributed by atoms with E-state index in [2.05, 4.69) is 4.98 Å². The lowest BCUT2D eigenvalue weighted by Crippen LogP contribution is -2.11. The smallest absolute Gasteiger partial charge is 0.350 e. The number of carbonyl (C=O) groups excluding carboxylic acids is 2. The van der Waals surface area contributed by atoms with Gasteiger partial charge in [0.2, 0.25) is 0 Å². The zero-order valence-electron chi connectivity index (χ0n) is 10.9. The third-order valence-corrected chi connectivity index (χ3v) is 3.70. The van der Waals surface area contributed by atoms with Crippen molar-refractivity contribution < 1.29 is 14.3 Å². The molecule has 6 heteroatoms. The Hall–Kier alpha value is -1.95. The number of hydrogen-bond acceptors (Lipinski definition) is 6. The Morgan fingerprint density at radius 3 is 2.74 bits per heavy atom. The van der Waals surface area contributed by atoms with E-state index >= 15 is 0 Å². The number of ether oxygens (including phenoxy) is 1. The first-order valence-corrected chi connectivity index (χ1v) is 6.54. The quantitative estimate of drug-likeness (QED) is 0.871. The van der Waals surface area contributed by atoms with Gasteiger partial charge >= 0.3 is 5.97 Å². The molecule has 0 fully saturated rings. The molecule has 2 N–H and O–H groups in total. The monoisotopic (exact) mass is 278 g/mol. The van der Waals surface area contributed by atoms with Crippen LogP contribution in [0.15, 0.2) is 6.07 Å². The van der Waals surface area contributed by atoms with Gasteiger partial charge in [0.25, 0.3) is 0 Å². The van der Waals surface area contributed by atoms with Crippen LogP contribution in [-0.2, 0) is 9.53 Å². The molecule has 0 aliphatic heterocycles. The first kappa shape index (κ1) is 13.5. The lowest BCUT2D eigenvalue weighted by Gasteiger charge is -2.01. The molecule has 2 aromatic heterocycles. The summed E-state index contributed by atoms with van der Waals surface area (Å²) in [5.41, 5.74) is 8.20. The number of hydrogen-bond donors (Lipinski definition) is 1. The zero-order valence-corrected chi connectivity index (χ0v) is 11.8. The Labute approximate surface area is 114 Å². The minimum atomic E-state index is -0.576. The molecule has 2 aromatic rings. The van der Waals surface area contributed by atoms with Crippen molar-refractivity contribution in [3.05, 3.63) is 22.2 Å². The fraction of sp³-hybridized carbons (Fsp3) is 0.308. The van der Waals surface area contributed by atoms with Gasteiger partial charge in [0.1, 0.15) is 16.3 Å². The second-order valence-corrected chi connectivity index (χ2v) is 5.38. The van der Waals surface area contributed by atoms with Crippen LogP contribution in [0.3, 0.4) is 0 Å². The maximum absolute atomic E-state index is 11.9. The lowest BCUT2D eigenvalue weighted by molar-refractivity contribution is -0.120. The van der Waals surface area contributed by atoms with E-state index in [0.717, 1.165) is 16.6 Å². The number of fused-ring (bicyclic) bond motifs is 1. The summed E-state index contributed by atoms with van der Waals surface area (Å²) in [7, 11) is 0. The number of rotatable bonds is 3. The van der Waals surface area contributed by atoms with E-state index in [1.54, 1.807) is 0 Å². The van der Waals surface area contributed by atoms with Crippen molar-refractivity contribution in [1.29, 1.82) is 0 Å². The van der Waals surface area contributed by atoms with Crippen LogP contribution in [0.2, 0.25) is 0 Å². The number of esters is 1. The summed E-state index contributed by atoms with van der Waals surface area (Å²) in [4.78, 5) is 28.1. The number of nitrogens with two attached hydrogens (primary N) is 1. The molecule has 19 heavy (non-hydrogen) atoms. The van der Waals surface area contributed by atoms with Crippen molar-refractivity contribution in [2.45, 2.75) is 20.8 Å². The SMILES string of the molecule is CC(=O)COC(=O)c1sc2nc(C)cc(C)c2c1N. The second kappa shape index (κ2) is 4.97. The highest BCUT2D eigenvalue weighted by molar-refractivity contribution is 7.21. The number of nitrogen functional groups attached to an aromatic ring is 1. The van der Waals surface area contributed by atoms with Gasteiger partial charge in [0.15, 0.2) is 5.78 Å². The standard InChI is InChI=1S/C13H14N2O3S/c1-6-4-7(2)15-12-9(6)10(14)11(19-12)13(17)18-5-8(3)16/h4H,5,14H2,1-3H3. The molecular formula is C13H14N2O3S. The largest absolute Gasteiger partial charge is 0.453 e. The highest BCUT2D eigenvalue weighted by Crippen LogP contribution is 2.35. The van der Waals surface area contributed by atoms with E-state index in [9.17, 15) is 9.59 Å². The number of ketones is 1. The summed E-state index contributed by atoms with van der Waals surface area (Å²) in [6.07, 6.45) is 0. The molecule has 5 nitrogen and oxygen atoms in total.